The van der Waals surface area contributed by atoms with Gasteiger partial charge < -0.3 is 18.9 Å². The van der Waals surface area contributed by atoms with Gasteiger partial charge in [-0.3, -0.25) is 0 Å². The Hall–Kier alpha value is -2.37. The minimum absolute atomic E-state index is 0.618. The van der Waals surface area contributed by atoms with E-state index in [-0.39, 0.29) is 0 Å². The molecule has 1 fully saturated rings. The summed E-state index contributed by atoms with van der Waals surface area (Å²) < 4.78 is 13.8. The molecule has 0 unspecified atom stereocenters. The number of thiocarbonyl (C=S) groups is 1. The predicted octanol–water partition coefficient (Wildman–Crippen LogP) is 4.34. The van der Waals surface area contributed by atoms with Crippen LogP contribution < -0.4 is 4.74 Å². The summed E-state index contributed by atoms with van der Waals surface area (Å²) >= 11 is 5.83. The maximum Gasteiger partial charge on any atom is 0.122 e. The van der Waals surface area contributed by atoms with Crippen LogP contribution in [0, 0.1) is 13.8 Å². The zero-order valence-electron chi connectivity index (χ0n) is 16.5. The van der Waals surface area contributed by atoms with Crippen molar-refractivity contribution >= 4 is 28.1 Å². The summed E-state index contributed by atoms with van der Waals surface area (Å²) in [6.07, 6.45) is 2.18. The Morgan fingerprint density at radius 3 is 2.71 bits per heavy atom. The van der Waals surface area contributed by atoms with Gasteiger partial charge in [-0.2, -0.15) is 0 Å². The molecule has 1 aliphatic rings. The normalized spacial score (nSPS) is 14.4. The highest BCUT2D eigenvalue weighted by molar-refractivity contribution is 7.80. The molecule has 4 rings (SSSR count). The Morgan fingerprint density at radius 2 is 1.89 bits per heavy atom. The number of benzene rings is 2. The summed E-state index contributed by atoms with van der Waals surface area (Å²) in [4.78, 5) is 3.16. The van der Waals surface area contributed by atoms with Crippen molar-refractivity contribution in [1.82, 2.24) is 9.47 Å². The maximum absolute atomic E-state index is 6.08. The minimum Gasteiger partial charge on any atom is -0.491 e. The fraction of sp³-hybridized carbons (Fsp3) is 0.348. The topological polar surface area (TPSA) is 26.6 Å². The van der Waals surface area contributed by atoms with Crippen molar-refractivity contribution in [1.29, 1.82) is 0 Å². The number of ether oxygens (including phenoxy) is 2. The molecule has 0 bridgehead atoms. The van der Waals surface area contributed by atoms with E-state index in [4.69, 9.17) is 21.7 Å². The van der Waals surface area contributed by atoms with E-state index in [1.807, 2.05) is 0 Å². The molecule has 0 aliphatic carbocycles. The number of aromatic nitrogens is 1. The minimum atomic E-state index is 0.618. The van der Waals surface area contributed by atoms with Crippen molar-refractivity contribution in [3.8, 4) is 5.75 Å². The lowest BCUT2D eigenvalue weighted by molar-refractivity contribution is 0.0693. The van der Waals surface area contributed by atoms with Crippen molar-refractivity contribution < 1.29 is 9.47 Å². The smallest absolute Gasteiger partial charge is 0.122 e. The standard InChI is InChI=1S/C23H26N2O2S/c1-17-7-8-18(2)22(15-17)27-14-11-25-16-20(19-5-3-4-6-21(19)25)23(28)24-9-12-26-13-10-24/h3-8,15-16H,9-14H2,1-2H3. The molecule has 0 spiro atoms. The molecule has 1 saturated heterocycles. The molecule has 0 amide bonds. The molecular weight excluding hydrogens is 368 g/mol. The molecule has 0 N–H and O–H groups in total. The third-order valence-electron chi connectivity index (χ3n) is 5.25. The predicted molar refractivity (Wildman–Crippen MR) is 117 cm³/mol. The van der Waals surface area contributed by atoms with Crippen molar-refractivity contribution in [3.05, 3.63) is 65.4 Å². The fourth-order valence-corrected chi connectivity index (χ4v) is 4.00. The molecule has 2 heterocycles. The third kappa shape index (κ3) is 3.91. The highest BCUT2D eigenvalue weighted by atomic mass is 32.1. The van der Waals surface area contributed by atoms with Crippen LogP contribution in [-0.4, -0.2) is 47.4 Å². The summed E-state index contributed by atoms with van der Waals surface area (Å²) in [6, 6.07) is 14.8. The highest BCUT2D eigenvalue weighted by Gasteiger charge is 2.19. The second kappa shape index (κ2) is 8.33. The average Bonchev–Trinajstić information content (AvgIpc) is 3.09. The summed E-state index contributed by atoms with van der Waals surface area (Å²) in [6.45, 7) is 8.75. The summed E-state index contributed by atoms with van der Waals surface area (Å²) in [5.41, 5.74) is 4.69. The molecule has 1 aromatic heterocycles. The molecular formula is C23H26N2O2S. The number of hydrogen-bond acceptors (Lipinski definition) is 3. The molecule has 0 radical (unpaired) electrons. The number of rotatable bonds is 5. The van der Waals surface area contributed by atoms with E-state index in [0.717, 1.165) is 54.7 Å². The van der Waals surface area contributed by atoms with Gasteiger partial charge in [-0.1, -0.05) is 42.5 Å². The molecule has 0 atom stereocenters. The van der Waals surface area contributed by atoms with E-state index in [0.29, 0.717) is 6.61 Å². The van der Waals surface area contributed by atoms with Crippen LogP contribution in [-0.2, 0) is 11.3 Å². The molecule has 1 aliphatic heterocycles. The van der Waals surface area contributed by atoms with E-state index in [1.165, 1.54) is 16.5 Å². The van der Waals surface area contributed by atoms with E-state index in [2.05, 4.69) is 72.0 Å². The number of aryl methyl sites for hydroxylation is 2. The second-order valence-electron chi connectivity index (χ2n) is 7.28. The first-order chi connectivity index (χ1) is 13.6. The lowest BCUT2D eigenvalue weighted by atomic mass is 10.1. The molecule has 4 nitrogen and oxygen atoms in total. The van der Waals surface area contributed by atoms with Gasteiger partial charge in [-0.15, -0.1) is 0 Å². The molecule has 28 heavy (non-hydrogen) atoms. The first-order valence-electron chi connectivity index (χ1n) is 9.78. The zero-order valence-corrected chi connectivity index (χ0v) is 17.3. The Labute approximate surface area is 171 Å². The van der Waals surface area contributed by atoms with Gasteiger partial charge in [0.2, 0.25) is 0 Å². The van der Waals surface area contributed by atoms with Gasteiger partial charge in [0, 0.05) is 35.8 Å². The van der Waals surface area contributed by atoms with Gasteiger partial charge in [0.25, 0.3) is 0 Å². The Bertz CT molecular complexity index is 989. The number of morpholine rings is 1. The quantitative estimate of drug-likeness (QED) is 0.601. The van der Waals surface area contributed by atoms with E-state index in [9.17, 15) is 0 Å². The molecule has 2 aromatic carbocycles. The average molecular weight is 395 g/mol. The molecule has 146 valence electrons. The summed E-state index contributed by atoms with van der Waals surface area (Å²) in [7, 11) is 0. The van der Waals surface area contributed by atoms with Gasteiger partial charge in [0.1, 0.15) is 17.3 Å². The molecule has 0 saturated carbocycles. The van der Waals surface area contributed by atoms with Crippen LogP contribution in [0.3, 0.4) is 0 Å². The van der Waals surface area contributed by atoms with Gasteiger partial charge in [0.05, 0.1) is 19.8 Å². The van der Waals surface area contributed by atoms with Crippen LogP contribution in [0.15, 0.2) is 48.7 Å². The van der Waals surface area contributed by atoms with Crippen LogP contribution in [0.1, 0.15) is 16.7 Å². The number of hydrogen-bond donors (Lipinski definition) is 0. The molecule has 5 heteroatoms. The van der Waals surface area contributed by atoms with Crippen molar-refractivity contribution in [3.63, 3.8) is 0 Å². The SMILES string of the molecule is Cc1ccc(C)c(OCCn2cc(C(=S)N3CCOCC3)c3ccccc32)c1. The van der Waals surface area contributed by atoms with Crippen molar-refractivity contribution in [2.24, 2.45) is 0 Å². The van der Waals surface area contributed by atoms with E-state index in [1.54, 1.807) is 0 Å². The monoisotopic (exact) mass is 394 g/mol. The van der Waals surface area contributed by atoms with Crippen LogP contribution in [0.4, 0.5) is 0 Å². The van der Waals surface area contributed by atoms with Crippen molar-refractivity contribution in [2.75, 3.05) is 32.9 Å². The van der Waals surface area contributed by atoms with E-state index >= 15 is 0 Å². The van der Waals surface area contributed by atoms with Crippen LogP contribution >= 0.6 is 12.2 Å². The number of fused-ring (bicyclic) bond motifs is 1. The lowest BCUT2D eigenvalue weighted by Gasteiger charge is -2.29. The summed E-state index contributed by atoms with van der Waals surface area (Å²) in [5.74, 6) is 0.959. The summed E-state index contributed by atoms with van der Waals surface area (Å²) in [5, 5.41) is 1.20. The lowest BCUT2D eigenvalue weighted by Crippen LogP contribution is -2.40. The van der Waals surface area contributed by atoms with Crippen LogP contribution in [0.5, 0.6) is 5.75 Å². The van der Waals surface area contributed by atoms with E-state index < -0.39 is 0 Å². The highest BCUT2D eigenvalue weighted by Crippen LogP contribution is 2.24. The van der Waals surface area contributed by atoms with Gasteiger partial charge in [0.15, 0.2) is 0 Å². The van der Waals surface area contributed by atoms with Crippen LogP contribution in [0.25, 0.3) is 10.9 Å². The van der Waals surface area contributed by atoms with Crippen LogP contribution in [0.2, 0.25) is 0 Å². The first kappa shape index (κ1) is 19.0. The second-order valence-corrected chi connectivity index (χ2v) is 7.66. The largest absolute Gasteiger partial charge is 0.491 e. The van der Waals surface area contributed by atoms with Gasteiger partial charge >= 0.3 is 0 Å². The Morgan fingerprint density at radius 1 is 1.11 bits per heavy atom. The number of para-hydroxylation sites is 1. The van der Waals surface area contributed by atoms with Gasteiger partial charge in [-0.05, 0) is 37.1 Å². The first-order valence-corrected chi connectivity index (χ1v) is 10.2. The molecule has 3 aromatic rings. The third-order valence-corrected chi connectivity index (χ3v) is 5.73. The van der Waals surface area contributed by atoms with Crippen molar-refractivity contribution in [2.45, 2.75) is 20.4 Å². The maximum atomic E-state index is 6.08. The van der Waals surface area contributed by atoms with Gasteiger partial charge in [-0.25, -0.2) is 0 Å². The zero-order chi connectivity index (χ0) is 19.5. The number of nitrogens with zero attached hydrogens (tertiary/aromatic N) is 2. The Kier molecular flexibility index (Phi) is 5.64. The Balaban J connectivity index is 1.54. The fourth-order valence-electron chi connectivity index (χ4n) is 3.66.